The number of thioether (sulfide) groups is 1. The van der Waals surface area contributed by atoms with Crippen LogP contribution >= 0.6 is 11.8 Å². The normalized spacial score (nSPS) is 21.4. The van der Waals surface area contributed by atoms with Gasteiger partial charge in [-0.3, -0.25) is 19.3 Å². The summed E-state index contributed by atoms with van der Waals surface area (Å²) >= 11 is 1.44. The van der Waals surface area contributed by atoms with Crippen LogP contribution in [0.1, 0.15) is 60.6 Å². The van der Waals surface area contributed by atoms with Gasteiger partial charge in [0.15, 0.2) is 0 Å². The number of nitrogens with one attached hydrogen (secondary N) is 1. The number of hydrogen-bond acceptors (Lipinski definition) is 9. The summed E-state index contributed by atoms with van der Waals surface area (Å²) in [7, 11) is 1.68. The third-order valence-electron chi connectivity index (χ3n) is 9.28. The van der Waals surface area contributed by atoms with Crippen LogP contribution in [0.3, 0.4) is 0 Å². The summed E-state index contributed by atoms with van der Waals surface area (Å²) in [6.45, 7) is 8.66. The van der Waals surface area contributed by atoms with E-state index < -0.39 is 23.9 Å². The fraction of sp³-hybridized carbons (Fsp3) is 0.553. The number of aliphatic hydroxyl groups excluding tert-OH is 2. The van der Waals surface area contributed by atoms with E-state index >= 15 is 0 Å². The second kappa shape index (κ2) is 18.2. The number of piperazine rings is 1. The summed E-state index contributed by atoms with van der Waals surface area (Å²) in [5, 5.41) is 23.7. The van der Waals surface area contributed by atoms with Crippen molar-refractivity contribution in [2.75, 3.05) is 59.2 Å². The van der Waals surface area contributed by atoms with Crippen molar-refractivity contribution in [3.05, 3.63) is 70.3 Å². The lowest BCUT2D eigenvalue weighted by Crippen LogP contribution is -2.60. The molecule has 2 saturated heterocycles. The molecule has 0 saturated carbocycles. The maximum absolute atomic E-state index is 13.2. The third kappa shape index (κ3) is 10.8. The number of carbonyl (C=O) groups is 3. The van der Waals surface area contributed by atoms with Gasteiger partial charge < -0.3 is 34.8 Å². The van der Waals surface area contributed by atoms with Gasteiger partial charge in [0.25, 0.3) is 0 Å². The average Bonchev–Trinajstić information content (AvgIpc) is 3.08. The summed E-state index contributed by atoms with van der Waals surface area (Å²) in [6, 6.07) is 14.3. The Morgan fingerprint density at radius 3 is 2.42 bits per heavy atom. The van der Waals surface area contributed by atoms with Gasteiger partial charge in [-0.25, -0.2) is 0 Å². The number of aliphatic hydroxyl groups is 2. The van der Waals surface area contributed by atoms with Crippen LogP contribution in [0.5, 0.6) is 0 Å². The molecule has 4 rings (SSSR count). The highest BCUT2D eigenvalue weighted by Gasteiger charge is 2.37. The van der Waals surface area contributed by atoms with E-state index in [1.165, 1.54) is 16.7 Å². The molecule has 50 heavy (non-hydrogen) atoms. The Hall–Kier alpha value is -3.44. The topological polar surface area (TPSA) is 132 Å². The predicted molar refractivity (Wildman–Crippen MR) is 194 cm³/mol. The van der Waals surface area contributed by atoms with Crippen LogP contribution in [0.25, 0.3) is 0 Å². The summed E-state index contributed by atoms with van der Waals surface area (Å²) in [4.78, 5) is 43.5. The summed E-state index contributed by atoms with van der Waals surface area (Å²) in [5.41, 5.74) is 3.86. The van der Waals surface area contributed by atoms with Crippen molar-refractivity contribution < 1.29 is 34.1 Å². The van der Waals surface area contributed by atoms with Crippen molar-refractivity contribution in [2.24, 2.45) is 0 Å². The summed E-state index contributed by atoms with van der Waals surface area (Å²) in [6.07, 6.45) is 6.36. The van der Waals surface area contributed by atoms with Gasteiger partial charge >= 0.3 is 0 Å². The number of nitrogens with zero attached hydrogens (tertiary/aromatic N) is 3. The number of terminal acetylenes is 1. The number of carbonyl (C=O) groups excluding carboxylic acids is 3. The van der Waals surface area contributed by atoms with Crippen LogP contribution < -0.4 is 5.32 Å². The summed E-state index contributed by atoms with van der Waals surface area (Å²) < 4.78 is 11.8. The first-order chi connectivity index (χ1) is 23.8. The third-order valence-corrected chi connectivity index (χ3v) is 10.2. The first-order valence-corrected chi connectivity index (χ1v) is 18.4. The van der Waals surface area contributed by atoms with Crippen molar-refractivity contribution in [1.82, 2.24) is 20.0 Å². The lowest BCUT2D eigenvalue weighted by atomic mass is 9.92. The number of ether oxygens (including phenoxy) is 2. The first kappa shape index (κ1) is 39.3. The number of benzene rings is 2. The second-order valence-electron chi connectivity index (χ2n) is 13.7. The number of likely N-dealkylation sites (N-methyl/N-ethyl adjacent to an activating group) is 1. The maximum Gasteiger partial charge on any atom is 0.247 e. The van der Waals surface area contributed by atoms with Gasteiger partial charge in [0, 0.05) is 39.6 Å². The van der Waals surface area contributed by atoms with Crippen LogP contribution in [0, 0.1) is 19.3 Å². The van der Waals surface area contributed by atoms with Crippen LogP contribution in [-0.2, 0) is 36.9 Å². The van der Waals surface area contributed by atoms with E-state index in [-0.39, 0.29) is 55.7 Å². The summed E-state index contributed by atoms with van der Waals surface area (Å²) in [5.74, 6) is 1.99. The molecule has 0 radical (unpaired) electrons. The smallest absolute Gasteiger partial charge is 0.247 e. The zero-order valence-electron chi connectivity index (χ0n) is 29.9. The molecule has 2 aromatic carbocycles. The number of rotatable bonds is 14. The van der Waals surface area contributed by atoms with Gasteiger partial charge in [0.1, 0.15) is 17.1 Å². The van der Waals surface area contributed by atoms with E-state index in [2.05, 4.69) is 36.4 Å². The van der Waals surface area contributed by atoms with Crippen molar-refractivity contribution >= 4 is 29.5 Å². The molecule has 0 aromatic heterocycles. The number of aryl methyl sites for hydroxylation is 1. The zero-order valence-corrected chi connectivity index (χ0v) is 30.7. The Kier molecular flexibility index (Phi) is 14.3. The first-order valence-electron chi connectivity index (χ1n) is 17.1. The molecule has 2 fully saturated rings. The van der Waals surface area contributed by atoms with Crippen LogP contribution in [0.15, 0.2) is 42.5 Å². The van der Waals surface area contributed by atoms with Gasteiger partial charge in [-0.05, 0) is 61.3 Å². The van der Waals surface area contributed by atoms with Crippen LogP contribution in [0.4, 0.5) is 0 Å². The highest BCUT2D eigenvalue weighted by molar-refractivity contribution is 7.99. The van der Waals surface area contributed by atoms with E-state index in [9.17, 15) is 24.6 Å². The van der Waals surface area contributed by atoms with Crippen molar-refractivity contribution in [3.8, 4) is 12.3 Å². The quantitative estimate of drug-likeness (QED) is 0.200. The van der Waals surface area contributed by atoms with Crippen molar-refractivity contribution in [3.63, 3.8) is 0 Å². The molecule has 11 nitrogen and oxygen atoms in total. The molecule has 2 unspecified atom stereocenters. The minimum Gasteiger partial charge on any atom is -0.390 e. The fourth-order valence-corrected chi connectivity index (χ4v) is 6.87. The van der Waals surface area contributed by atoms with Gasteiger partial charge in [0.05, 0.1) is 44.9 Å². The minimum absolute atomic E-state index is 0.0528. The minimum atomic E-state index is -1.07. The highest BCUT2D eigenvalue weighted by Crippen LogP contribution is 2.36. The molecule has 12 heteroatoms. The van der Waals surface area contributed by atoms with Gasteiger partial charge in [-0.15, -0.1) is 18.2 Å². The van der Waals surface area contributed by atoms with Gasteiger partial charge in [-0.2, -0.15) is 0 Å². The van der Waals surface area contributed by atoms with E-state index in [1.54, 1.807) is 25.8 Å². The van der Waals surface area contributed by atoms with E-state index in [1.807, 2.05) is 35.4 Å². The van der Waals surface area contributed by atoms with Crippen molar-refractivity contribution in [1.29, 1.82) is 0 Å². The Morgan fingerprint density at radius 2 is 1.76 bits per heavy atom. The molecule has 2 aromatic rings. The molecule has 0 spiro atoms. The zero-order chi connectivity index (χ0) is 36.4. The molecule has 2 aliphatic rings. The van der Waals surface area contributed by atoms with E-state index in [0.717, 1.165) is 27.8 Å². The molecule has 2 heterocycles. The maximum atomic E-state index is 13.2. The Bertz CT molecular complexity index is 1500. The largest absolute Gasteiger partial charge is 0.390 e. The van der Waals surface area contributed by atoms with E-state index in [0.29, 0.717) is 39.2 Å². The number of amides is 3. The molecule has 272 valence electrons. The van der Waals surface area contributed by atoms with Crippen LogP contribution in [-0.4, -0.2) is 125 Å². The molecular weight excluding hydrogens is 657 g/mol. The van der Waals surface area contributed by atoms with Gasteiger partial charge in [-0.1, -0.05) is 48.4 Å². The average molecular weight is 709 g/mol. The lowest BCUT2D eigenvalue weighted by molar-refractivity contribution is -0.142. The fourth-order valence-electron chi connectivity index (χ4n) is 6.21. The molecule has 2 aliphatic heterocycles. The molecule has 0 aliphatic carbocycles. The SMILES string of the molecule is C#CCN(C)C(=O)CN1CCN(C(=O)C(C)(C)NC(=O)CCOCc2ccc(Cc3cc([C@@H]4O[C@H](SC)C(O)CC4O)ccc3C)cc2)CC1. The Balaban J connectivity index is 1.18. The predicted octanol–water partition coefficient (Wildman–Crippen LogP) is 2.50. The van der Waals surface area contributed by atoms with E-state index in [4.69, 9.17) is 15.9 Å². The lowest BCUT2D eigenvalue weighted by Gasteiger charge is -2.38. The second-order valence-corrected chi connectivity index (χ2v) is 14.6. The number of hydrogen-bond donors (Lipinski definition) is 3. The molecule has 0 bridgehead atoms. The standard InChI is InChI=1S/C38H52N4O7S/c1-7-15-40(5)34(46)24-41-16-18-42(19-17-41)37(47)38(3,4)39-33(45)14-20-48-25-28-11-9-27(10-12-28)21-30-22-29(13-8-26(30)2)35-31(43)23-32(44)36(49-35)50-6/h1,8-13,22,31-32,35-36,43-44H,14-21,23-25H2,2-6H3,(H,39,45)/t31?,32?,35-,36+/m0/s1. The van der Waals surface area contributed by atoms with Crippen molar-refractivity contribution in [2.45, 2.75) is 75.9 Å². The Labute approximate surface area is 300 Å². The highest BCUT2D eigenvalue weighted by atomic mass is 32.2. The molecular formula is C38H52N4O7S. The van der Waals surface area contributed by atoms with Gasteiger partial charge in [0.2, 0.25) is 17.7 Å². The Morgan fingerprint density at radius 1 is 1.08 bits per heavy atom. The molecule has 3 N–H and O–H groups in total. The molecule has 3 amide bonds. The monoisotopic (exact) mass is 708 g/mol. The van der Waals surface area contributed by atoms with Crippen LogP contribution in [0.2, 0.25) is 0 Å². The molecule has 4 atom stereocenters.